The lowest BCUT2D eigenvalue weighted by Crippen LogP contribution is -2.19. The molecule has 0 aliphatic heterocycles. The monoisotopic (exact) mass is 339 g/mol. The first-order chi connectivity index (χ1) is 9.08. The molecule has 98 valence electrons. The van der Waals surface area contributed by atoms with E-state index in [-0.39, 0.29) is 5.91 Å². The second-order valence-corrected chi connectivity index (χ2v) is 5.17. The van der Waals surface area contributed by atoms with Gasteiger partial charge < -0.3 is 4.98 Å². The Morgan fingerprint density at radius 1 is 1.42 bits per heavy atom. The molecule has 1 aromatic heterocycles. The van der Waals surface area contributed by atoms with Crippen LogP contribution in [0.15, 0.2) is 46.1 Å². The maximum Gasteiger partial charge on any atom is 0.287 e. The fourth-order valence-corrected chi connectivity index (χ4v) is 2.12. The van der Waals surface area contributed by atoms with Gasteiger partial charge in [-0.3, -0.25) is 4.79 Å². The molecule has 1 aromatic carbocycles. The average Bonchev–Trinajstić information content (AvgIpc) is 2.83. The molecule has 0 bridgehead atoms. The quantitative estimate of drug-likeness (QED) is 0.651. The van der Waals surface area contributed by atoms with Crippen molar-refractivity contribution in [2.45, 2.75) is 6.92 Å². The summed E-state index contributed by atoms with van der Waals surface area (Å²) >= 11 is 9.31. The third-order valence-corrected chi connectivity index (χ3v) is 3.27. The molecule has 0 aliphatic carbocycles. The number of aromatic nitrogens is 1. The average molecular weight is 341 g/mol. The van der Waals surface area contributed by atoms with Gasteiger partial charge in [-0.1, -0.05) is 29.8 Å². The predicted molar refractivity (Wildman–Crippen MR) is 79.6 cm³/mol. The number of nitrogens with zero attached hydrogens (tertiary/aromatic N) is 1. The summed E-state index contributed by atoms with van der Waals surface area (Å²) in [7, 11) is 0. The van der Waals surface area contributed by atoms with Gasteiger partial charge in [-0.15, -0.1) is 0 Å². The highest BCUT2D eigenvalue weighted by molar-refractivity contribution is 9.10. The van der Waals surface area contributed by atoms with E-state index in [4.69, 9.17) is 11.6 Å². The molecule has 0 unspecified atom stereocenters. The Kier molecular flexibility index (Phi) is 4.39. The second-order valence-electron chi connectivity index (χ2n) is 3.85. The summed E-state index contributed by atoms with van der Waals surface area (Å²) in [6.45, 7) is 1.78. The molecule has 0 fully saturated rings. The molecule has 19 heavy (non-hydrogen) atoms. The molecule has 1 amide bonds. The highest BCUT2D eigenvalue weighted by Crippen LogP contribution is 2.15. The lowest BCUT2D eigenvalue weighted by molar-refractivity contribution is 0.0950. The van der Waals surface area contributed by atoms with Gasteiger partial charge in [-0.05, 0) is 35.0 Å². The molecule has 0 saturated heterocycles. The van der Waals surface area contributed by atoms with Gasteiger partial charge in [0.25, 0.3) is 5.91 Å². The van der Waals surface area contributed by atoms with Crippen LogP contribution in [-0.4, -0.2) is 16.6 Å². The summed E-state index contributed by atoms with van der Waals surface area (Å²) in [5, 5.41) is 4.64. The molecule has 0 atom stereocenters. The number of hydrogen-bond donors (Lipinski definition) is 2. The third kappa shape index (κ3) is 3.45. The van der Waals surface area contributed by atoms with Crippen molar-refractivity contribution in [1.29, 1.82) is 0 Å². The van der Waals surface area contributed by atoms with Crippen LogP contribution in [0.4, 0.5) is 0 Å². The molecule has 6 heteroatoms. The van der Waals surface area contributed by atoms with Gasteiger partial charge in [0.15, 0.2) is 0 Å². The Hall–Kier alpha value is -1.59. The van der Waals surface area contributed by atoms with Gasteiger partial charge in [0.2, 0.25) is 0 Å². The largest absolute Gasteiger partial charge is 0.356 e. The number of hydrogen-bond acceptors (Lipinski definition) is 2. The van der Waals surface area contributed by atoms with Crippen LogP contribution in [0.25, 0.3) is 0 Å². The Balaban J connectivity index is 2.11. The van der Waals surface area contributed by atoms with E-state index in [0.717, 1.165) is 10.0 Å². The molecule has 1 heterocycles. The van der Waals surface area contributed by atoms with Crippen molar-refractivity contribution in [1.82, 2.24) is 10.4 Å². The van der Waals surface area contributed by atoms with Crippen LogP contribution in [0.5, 0.6) is 0 Å². The first-order valence-corrected chi connectivity index (χ1v) is 6.68. The van der Waals surface area contributed by atoms with Gasteiger partial charge >= 0.3 is 0 Å². The molecule has 2 aromatic rings. The summed E-state index contributed by atoms with van der Waals surface area (Å²) in [6.07, 6.45) is 1.68. The fraction of sp³-hybridized carbons (Fsp3) is 0.0769. The van der Waals surface area contributed by atoms with Crippen LogP contribution >= 0.6 is 27.5 Å². The Bertz CT molecular complexity index is 636. The van der Waals surface area contributed by atoms with E-state index in [2.05, 4.69) is 31.4 Å². The van der Waals surface area contributed by atoms with Crippen molar-refractivity contribution in [3.8, 4) is 0 Å². The highest BCUT2D eigenvalue weighted by Gasteiger charge is 2.08. The van der Waals surface area contributed by atoms with Gasteiger partial charge in [0, 0.05) is 21.3 Å². The smallest absolute Gasteiger partial charge is 0.287 e. The lowest BCUT2D eigenvalue weighted by Gasteiger charge is -2.03. The van der Waals surface area contributed by atoms with Crippen LogP contribution in [0, 0.1) is 0 Å². The number of aromatic amines is 1. The van der Waals surface area contributed by atoms with Crippen LogP contribution < -0.4 is 5.43 Å². The zero-order chi connectivity index (χ0) is 13.8. The van der Waals surface area contributed by atoms with E-state index < -0.39 is 0 Å². The molecule has 0 radical (unpaired) electrons. The first-order valence-electron chi connectivity index (χ1n) is 5.51. The van der Waals surface area contributed by atoms with Gasteiger partial charge in [0.1, 0.15) is 5.69 Å². The number of rotatable bonds is 3. The normalized spacial score (nSPS) is 11.4. The Morgan fingerprint density at radius 2 is 2.16 bits per heavy atom. The molecule has 4 nitrogen and oxygen atoms in total. The topological polar surface area (TPSA) is 57.2 Å². The van der Waals surface area contributed by atoms with Crippen molar-refractivity contribution in [2.75, 3.05) is 0 Å². The van der Waals surface area contributed by atoms with Crippen LogP contribution in [-0.2, 0) is 0 Å². The molecule has 0 saturated carbocycles. The van der Waals surface area contributed by atoms with Crippen molar-refractivity contribution in [3.05, 3.63) is 57.3 Å². The van der Waals surface area contributed by atoms with Gasteiger partial charge in [0.05, 0.1) is 5.71 Å². The number of benzene rings is 1. The molecule has 0 aliphatic rings. The first kappa shape index (κ1) is 13.8. The van der Waals surface area contributed by atoms with Crippen molar-refractivity contribution in [2.24, 2.45) is 5.10 Å². The Morgan fingerprint density at radius 3 is 2.79 bits per heavy atom. The zero-order valence-electron chi connectivity index (χ0n) is 10.1. The molecule has 2 rings (SSSR count). The standard InChI is InChI=1S/C13H11BrClN3O/c1-8(10-4-2-3-5-11(10)15)17-18-13(19)12-6-9(14)7-16-12/h2-7,16H,1H3,(H,18,19)/b17-8-. The summed E-state index contributed by atoms with van der Waals surface area (Å²) in [4.78, 5) is 14.6. The minimum Gasteiger partial charge on any atom is -0.356 e. The van der Waals surface area contributed by atoms with Crippen molar-refractivity contribution < 1.29 is 4.79 Å². The van der Waals surface area contributed by atoms with Crippen LogP contribution in [0.3, 0.4) is 0 Å². The van der Waals surface area contributed by atoms with E-state index in [1.807, 2.05) is 18.2 Å². The number of hydrazone groups is 1. The lowest BCUT2D eigenvalue weighted by atomic mass is 10.1. The molecule has 2 N–H and O–H groups in total. The van der Waals surface area contributed by atoms with Gasteiger partial charge in [-0.2, -0.15) is 5.10 Å². The highest BCUT2D eigenvalue weighted by atomic mass is 79.9. The predicted octanol–water partition coefficient (Wildman–Crippen LogP) is 3.58. The maximum absolute atomic E-state index is 11.8. The SMILES string of the molecule is C/C(=N/NC(=O)c1cc(Br)c[nH]1)c1ccccc1Cl. The molecule has 0 spiro atoms. The zero-order valence-corrected chi connectivity index (χ0v) is 12.4. The van der Waals surface area contributed by atoms with Crippen LogP contribution in [0.2, 0.25) is 5.02 Å². The second kappa shape index (κ2) is 6.04. The Labute approximate surface area is 124 Å². The van der Waals surface area contributed by atoms with E-state index in [0.29, 0.717) is 16.4 Å². The number of carbonyl (C=O) groups is 1. The summed E-state index contributed by atoms with van der Waals surface area (Å²) in [5.41, 5.74) is 4.34. The van der Waals surface area contributed by atoms with Crippen molar-refractivity contribution >= 4 is 39.1 Å². The molecular weight excluding hydrogens is 330 g/mol. The number of amides is 1. The number of nitrogens with one attached hydrogen (secondary N) is 2. The van der Waals surface area contributed by atoms with E-state index in [1.54, 1.807) is 25.3 Å². The number of halogens is 2. The summed E-state index contributed by atoms with van der Waals surface area (Å²) in [5.74, 6) is -0.308. The summed E-state index contributed by atoms with van der Waals surface area (Å²) < 4.78 is 0.810. The van der Waals surface area contributed by atoms with Crippen molar-refractivity contribution in [3.63, 3.8) is 0 Å². The maximum atomic E-state index is 11.8. The van der Waals surface area contributed by atoms with E-state index >= 15 is 0 Å². The number of H-pyrrole nitrogens is 1. The fourth-order valence-electron chi connectivity index (χ4n) is 1.51. The minimum absolute atomic E-state index is 0.308. The molecular formula is C13H11BrClN3O. The third-order valence-electron chi connectivity index (χ3n) is 2.48. The summed E-state index contributed by atoms with van der Waals surface area (Å²) in [6, 6.07) is 9.01. The van der Waals surface area contributed by atoms with E-state index in [9.17, 15) is 4.79 Å². The van der Waals surface area contributed by atoms with E-state index in [1.165, 1.54) is 0 Å². The minimum atomic E-state index is -0.308. The van der Waals surface area contributed by atoms with Crippen LogP contribution in [0.1, 0.15) is 23.0 Å². The number of carbonyl (C=O) groups excluding carboxylic acids is 1. The van der Waals surface area contributed by atoms with Gasteiger partial charge in [-0.25, -0.2) is 5.43 Å².